The summed E-state index contributed by atoms with van der Waals surface area (Å²) in [4.78, 5) is 5.15. The minimum absolute atomic E-state index is 0.620. The van der Waals surface area contributed by atoms with Crippen molar-refractivity contribution < 1.29 is 0 Å². The maximum atomic E-state index is 6.06. The van der Waals surface area contributed by atoms with Crippen molar-refractivity contribution in [3.05, 3.63) is 29.3 Å². The molecule has 2 aliphatic rings. The number of nitrogen functional groups attached to an aromatic ring is 1. The molecule has 1 saturated heterocycles. The maximum Gasteiger partial charge on any atom is 0.0363 e. The van der Waals surface area contributed by atoms with Crippen LogP contribution in [0.3, 0.4) is 0 Å². The Morgan fingerprint density at radius 3 is 2.72 bits per heavy atom. The summed E-state index contributed by atoms with van der Waals surface area (Å²) in [5.41, 5.74) is 9.79. The minimum atomic E-state index is 0.620. The van der Waals surface area contributed by atoms with Gasteiger partial charge in [0.25, 0.3) is 0 Å². The van der Waals surface area contributed by atoms with Gasteiger partial charge in [0.1, 0.15) is 0 Å². The highest BCUT2D eigenvalue weighted by atomic mass is 15.2. The van der Waals surface area contributed by atoms with Gasteiger partial charge in [-0.3, -0.25) is 4.90 Å². The summed E-state index contributed by atoms with van der Waals surface area (Å²) >= 11 is 0. The second kappa shape index (κ2) is 4.90. The number of anilines is 1. The molecule has 2 aliphatic heterocycles. The van der Waals surface area contributed by atoms with Crippen LogP contribution in [0.15, 0.2) is 18.2 Å². The van der Waals surface area contributed by atoms with Crippen LogP contribution in [-0.4, -0.2) is 35.5 Å². The van der Waals surface area contributed by atoms with Crippen molar-refractivity contribution in [1.82, 2.24) is 9.80 Å². The number of hydrogen-bond acceptors (Lipinski definition) is 3. The number of nitrogens with two attached hydrogens (primary N) is 1. The van der Waals surface area contributed by atoms with Gasteiger partial charge in [-0.05, 0) is 50.0 Å². The molecule has 1 atom stereocenters. The molecule has 0 aromatic heterocycles. The zero-order valence-electron chi connectivity index (χ0n) is 11.2. The quantitative estimate of drug-likeness (QED) is 0.827. The van der Waals surface area contributed by atoms with E-state index in [4.69, 9.17) is 5.73 Å². The molecule has 0 spiro atoms. The monoisotopic (exact) mass is 245 g/mol. The maximum absolute atomic E-state index is 6.06. The molecule has 0 radical (unpaired) electrons. The van der Waals surface area contributed by atoms with Crippen LogP contribution in [0.1, 0.15) is 30.9 Å². The van der Waals surface area contributed by atoms with Crippen LogP contribution < -0.4 is 5.73 Å². The Hall–Kier alpha value is -1.06. The van der Waals surface area contributed by atoms with Crippen molar-refractivity contribution in [3.63, 3.8) is 0 Å². The minimum Gasteiger partial charge on any atom is -0.398 e. The number of hydrogen-bond donors (Lipinski definition) is 1. The van der Waals surface area contributed by atoms with Crippen LogP contribution in [-0.2, 0) is 13.1 Å². The van der Waals surface area contributed by atoms with Crippen LogP contribution in [0.2, 0.25) is 0 Å². The van der Waals surface area contributed by atoms with Crippen LogP contribution in [0.5, 0.6) is 0 Å². The Kier molecular flexibility index (Phi) is 3.27. The Bertz CT molecular complexity index is 424. The van der Waals surface area contributed by atoms with E-state index in [0.717, 1.165) is 18.8 Å². The average molecular weight is 245 g/mol. The van der Waals surface area contributed by atoms with Gasteiger partial charge in [-0.1, -0.05) is 12.1 Å². The van der Waals surface area contributed by atoms with E-state index < -0.39 is 0 Å². The fourth-order valence-electron chi connectivity index (χ4n) is 3.24. The zero-order chi connectivity index (χ0) is 12.5. The molecule has 2 heterocycles. The lowest BCUT2D eigenvalue weighted by atomic mass is 10.1. The smallest absolute Gasteiger partial charge is 0.0363 e. The molecule has 3 nitrogen and oxygen atoms in total. The van der Waals surface area contributed by atoms with Gasteiger partial charge < -0.3 is 10.6 Å². The molecule has 2 N–H and O–H groups in total. The summed E-state index contributed by atoms with van der Waals surface area (Å²) in [6.07, 6.45) is 2.75. The fourth-order valence-corrected chi connectivity index (χ4v) is 3.24. The van der Waals surface area contributed by atoms with E-state index in [1.165, 1.54) is 43.6 Å². The Morgan fingerprint density at radius 1 is 1.22 bits per heavy atom. The first-order valence-corrected chi connectivity index (χ1v) is 7.06. The van der Waals surface area contributed by atoms with Crippen molar-refractivity contribution in [1.29, 1.82) is 0 Å². The first-order chi connectivity index (χ1) is 8.74. The van der Waals surface area contributed by atoms with E-state index in [-0.39, 0.29) is 0 Å². The number of fused-ring (bicyclic) bond motifs is 1. The van der Waals surface area contributed by atoms with E-state index in [0.29, 0.717) is 6.04 Å². The molecule has 3 rings (SSSR count). The van der Waals surface area contributed by atoms with Gasteiger partial charge in [0.05, 0.1) is 0 Å². The average Bonchev–Trinajstić information content (AvgIpc) is 2.97. The Morgan fingerprint density at radius 2 is 2.00 bits per heavy atom. The van der Waals surface area contributed by atoms with Gasteiger partial charge in [0.2, 0.25) is 0 Å². The molecule has 3 heteroatoms. The van der Waals surface area contributed by atoms with E-state index in [1.807, 2.05) is 6.07 Å². The van der Waals surface area contributed by atoms with E-state index >= 15 is 0 Å². The molecule has 18 heavy (non-hydrogen) atoms. The number of rotatable bonds is 3. The lowest BCUT2D eigenvalue weighted by molar-refractivity contribution is 0.162. The predicted octanol–water partition coefficient (Wildman–Crippen LogP) is 2.07. The third-order valence-electron chi connectivity index (χ3n) is 4.39. The van der Waals surface area contributed by atoms with Crippen molar-refractivity contribution in [2.24, 2.45) is 0 Å². The third-order valence-corrected chi connectivity index (χ3v) is 4.39. The SMILES string of the molecule is CC(CN1CCCC1)N1Cc2cccc(N)c2C1. The van der Waals surface area contributed by atoms with Crippen molar-refractivity contribution in [3.8, 4) is 0 Å². The molecule has 0 amide bonds. The van der Waals surface area contributed by atoms with Crippen LogP contribution in [0, 0.1) is 0 Å². The van der Waals surface area contributed by atoms with Crippen molar-refractivity contribution in [2.45, 2.75) is 38.9 Å². The van der Waals surface area contributed by atoms with Gasteiger partial charge in [0.15, 0.2) is 0 Å². The van der Waals surface area contributed by atoms with E-state index in [2.05, 4.69) is 28.9 Å². The van der Waals surface area contributed by atoms with Crippen molar-refractivity contribution in [2.75, 3.05) is 25.4 Å². The summed E-state index contributed by atoms with van der Waals surface area (Å²) in [5, 5.41) is 0. The molecule has 1 fully saturated rings. The summed E-state index contributed by atoms with van der Waals surface area (Å²) in [5.74, 6) is 0. The molecular weight excluding hydrogens is 222 g/mol. The summed E-state index contributed by atoms with van der Waals surface area (Å²) in [6.45, 7) is 8.21. The molecule has 0 aliphatic carbocycles. The predicted molar refractivity (Wildman–Crippen MR) is 75.2 cm³/mol. The number of likely N-dealkylation sites (tertiary alicyclic amines) is 1. The second-order valence-corrected chi connectivity index (χ2v) is 5.75. The lowest BCUT2D eigenvalue weighted by Gasteiger charge is -2.28. The molecule has 0 bridgehead atoms. The standard InChI is InChI=1S/C15H23N3/c1-12(9-17-7-2-3-8-17)18-10-13-5-4-6-15(16)14(13)11-18/h4-6,12H,2-3,7-11,16H2,1H3. The van der Waals surface area contributed by atoms with Gasteiger partial charge in [0, 0.05) is 31.4 Å². The zero-order valence-corrected chi connectivity index (χ0v) is 11.2. The first-order valence-electron chi connectivity index (χ1n) is 7.06. The normalized spacial score (nSPS) is 22.3. The topological polar surface area (TPSA) is 32.5 Å². The van der Waals surface area contributed by atoms with Gasteiger partial charge >= 0.3 is 0 Å². The highest BCUT2D eigenvalue weighted by Crippen LogP contribution is 2.29. The molecule has 1 aromatic carbocycles. The molecular formula is C15H23N3. The Labute approximate surface area is 110 Å². The first kappa shape index (κ1) is 12.0. The highest BCUT2D eigenvalue weighted by molar-refractivity contribution is 5.52. The Balaban J connectivity index is 1.64. The lowest BCUT2D eigenvalue weighted by Crippen LogP contribution is -2.38. The highest BCUT2D eigenvalue weighted by Gasteiger charge is 2.26. The number of nitrogens with zero attached hydrogens (tertiary/aromatic N) is 2. The molecule has 1 unspecified atom stereocenters. The second-order valence-electron chi connectivity index (χ2n) is 5.75. The summed E-state index contributed by atoms with van der Waals surface area (Å²) in [6, 6.07) is 6.93. The van der Waals surface area contributed by atoms with Gasteiger partial charge in [-0.25, -0.2) is 0 Å². The summed E-state index contributed by atoms with van der Waals surface area (Å²) in [7, 11) is 0. The van der Waals surface area contributed by atoms with E-state index in [9.17, 15) is 0 Å². The number of benzene rings is 1. The molecule has 1 aromatic rings. The molecule has 98 valence electrons. The summed E-state index contributed by atoms with van der Waals surface area (Å²) < 4.78 is 0. The van der Waals surface area contributed by atoms with Gasteiger partial charge in [-0.2, -0.15) is 0 Å². The van der Waals surface area contributed by atoms with Crippen molar-refractivity contribution >= 4 is 5.69 Å². The van der Waals surface area contributed by atoms with Crippen LogP contribution >= 0.6 is 0 Å². The third kappa shape index (κ3) is 2.25. The van der Waals surface area contributed by atoms with Crippen LogP contribution in [0.25, 0.3) is 0 Å². The molecule has 0 saturated carbocycles. The van der Waals surface area contributed by atoms with E-state index in [1.54, 1.807) is 0 Å². The fraction of sp³-hybridized carbons (Fsp3) is 0.600. The van der Waals surface area contributed by atoms with Crippen LogP contribution in [0.4, 0.5) is 5.69 Å². The van der Waals surface area contributed by atoms with Gasteiger partial charge in [-0.15, -0.1) is 0 Å². The largest absolute Gasteiger partial charge is 0.398 e.